The van der Waals surface area contributed by atoms with Gasteiger partial charge in [-0.3, -0.25) is 10.0 Å². The van der Waals surface area contributed by atoms with Crippen LogP contribution < -0.4 is 10.0 Å². The first-order valence-corrected chi connectivity index (χ1v) is 18.7. The Balaban J connectivity index is 1.33. The van der Waals surface area contributed by atoms with Crippen LogP contribution in [0.1, 0.15) is 37.7 Å². The van der Waals surface area contributed by atoms with Gasteiger partial charge in [0.2, 0.25) is 10.0 Å². The summed E-state index contributed by atoms with van der Waals surface area (Å²) in [4.78, 5) is 20.5. The van der Waals surface area contributed by atoms with Crippen molar-refractivity contribution in [3.8, 4) is 11.3 Å². The highest BCUT2D eigenvalue weighted by molar-refractivity contribution is 7.99. The van der Waals surface area contributed by atoms with Crippen molar-refractivity contribution in [1.29, 1.82) is 0 Å². The van der Waals surface area contributed by atoms with Crippen LogP contribution in [0, 0.1) is 11.8 Å². The van der Waals surface area contributed by atoms with Gasteiger partial charge in [0, 0.05) is 23.8 Å². The molecular formula is C32H37ClN4O3S3. The molecule has 5 rings (SSSR count). The Hall–Kier alpha value is -2.79. The lowest BCUT2D eigenvalue weighted by Gasteiger charge is -2.37. The number of carbonyl (C=O) groups is 1. The Labute approximate surface area is 267 Å². The lowest BCUT2D eigenvalue weighted by Crippen LogP contribution is -2.45. The maximum Gasteiger partial charge on any atom is 0.323 e. The van der Waals surface area contributed by atoms with Crippen molar-refractivity contribution in [3.63, 3.8) is 0 Å². The van der Waals surface area contributed by atoms with Crippen molar-refractivity contribution in [1.82, 2.24) is 9.88 Å². The third kappa shape index (κ3) is 8.44. The van der Waals surface area contributed by atoms with E-state index in [1.54, 1.807) is 24.3 Å². The number of hydrogen-bond acceptors (Lipinski definition) is 6. The summed E-state index contributed by atoms with van der Waals surface area (Å²) in [6, 6.07) is 17.5. The number of benzene rings is 2. The zero-order valence-corrected chi connectivity index (χ0v) is 27.5. The van der Waals surface area contributed by atoms with Crippen molar-refractivity contribution in [3.05, 3.63) is 88.8 Å². The number of aromatic nitrogens is 1. The fourth-order valence-corrected chi connectivity index (χ4v) is 8.57. The highest BCUT2D eigenvalue weighted by atomic mass is 35.5. The van der Waals surface area contributed by atoms with E-state index in [9.17, 15) is 13.2 Å². The van der Waals surface area contributed by atoms with E-state index in [2.05, 4.69) is 70.5 Å². The maximum absolute atomic E-state index is 13.9. The number of thioether (sulfide) groups is 1. The van der Waals surface area contributed by atoms with E-state index >= 15 is 0 Å². The van der Waals surface area contributed by atoms with Gasteiger partial charge in [-0.25, -0.2) is 18.2 Å². The number of hydrogen-bond donors (Lipinski definition) is 2. The van der Waals surface area contributed by atoms with Crippen LogP contribution in [-0.4, -0.2) is 54.7 Å². The van der Waals surface area contributed by atoms with Crippen LogP contribution in [0.3, 0.4) is 0 Å². The van der Waals surface area contributed by atoms with Gasteiger partial charge >= 0.3 is 6.03 Å². The van der Waals surface area contributed by atoms with Crippen molar-refractivity contribution >= 4 is 61.6 Å². The second kappa shape index (κ2) is 14.3. The summed E-state index contributed by atoms with van der Waals surface area (Å²) < 4.78 is 26.0. The number of nitrogens with one attached hydrogen (secondary N) is 2. The second-order valence-electron chi connectivity index (χ2n) is 11.1. The summed E-state index contributed by atoms with van der Waals surface area (Å²) in [5, 5.41) is 3.49. The number of halogens is 1. The molecule has 1 saturated heterocycles. The number of amides is 2. The Morgan fingerprint density at radius 3 is 2.44 bits per heavy atom. The molecule has 1 fully saturated rings. The Kier molecular flexibility index (Phi) is 10.5. The fraction of sp³-hybridized carbons (Fsp3) is 0.375. The first kappa shape index (κ1) is 31.6. The molecular weight excluding hydrogens is 620 g/mol. The zero-order valence-electron chi connectivity index (χ0n) is 24.3. The molecule has 1 aromatic heterocycles. The molecule has 2 amide bonds. The van der Waals surface area contributed by atoms with Crippen LogP contribution in [0.5, 0.6) is 0 Å². The number of rotatable bonds is 10. The first-order valence-electron chi connectivity index (χ1n) is 14.5. The van der Waals surface area contributed by atoms with Crippen molar-refractivity contribution < 1.29 is 13.2 Å². The average molecular weight is 657 g/mol. The molecule has 2 aliphatic rings. The number of carbonyl (C=O) groups excluding carboxylic acids is 1. The van der Waals surface area contributed by atoms with Crippen molar-refractivity contribution in [2.75, 3.05) is 34.3 Å². The molecule has 1 aliphatic heterocycles. The molecule has 11 heteroatoms. The van der Waals surface area contributed by atoms with Crippen LogP contribution >= 0.6 is 34.7 Å². The van der Waals surface area contributed by atoms with Gasteiger partial charge in [0.15, 0.2) is 5.13 Å². The number of allylic oxidation sites excluding steroid dienone is 4. The van der Waals surface area contributed by atoms with Gasteiger partial charge in [-0.1, -0.05) is 96.6 Å². The van der Waals surface area contributed by atoms with Crippen LogP contribution in [0.2, 0.25) is 4.34 Å². The zero-order chi connectivity index (χ0) is 30.4. The largest absolute Gasteiger partial charge is 0.323 e. The Morgan fingerprint density at radius 1 is 1.07 bits per heavy atom. The van der Waals surface area contributed by atoms with E-state index in [0.717, 1.165) is 42.6 Å². The van der Waals surface area contributed by atoms with Gasteiger partial charge in [0.05, 0.1) is 6.26 Å². The smallest absolute Gasteiger partial charge is 0.321 e. The molecule has 3 aromatic rings. The standard InChI is InChI=1S/C32H37ClN4O3S3/c1-22-8-6-7-11-27(22)28(23-9-4-3-5-10-23)16-19-37(26-17-20-41-21-18-26)32(38)35-31-34-29(30(33)42-31)24-12-14-25(15-13-24)36-43(2,39)40/h3-15,22,26-28,36H,16-21H2,1-2H3,(H,34,35,38). The third-order valence-electron chi connectivity index (χ3n) is 7.99. The molecule has 0 spiro atoms. The average Bonchev–Trinajstić information content (AvgIpc) is 3.36. The fourth-order valence-electron chi connectivity index (χ4n) is 5.85. The number of nitrogens with zero attached hydrogens (tertiary/aromatic N) is 2. The molecule has 2 N–H and O–H groups in total. The quantitative estimate of drug-likeness (QED) is 0.230. The monoisotopic (exact) mass is 656 g/mol. The molecule has 43 heavy (non-hydrogen) atoms. The van der Waals surface area contributed by atoms with E-state index in [-0.39, 0.29) is 18.0 Å². The lowest BCUT2D eigenvalue weighted by atomic mass is 9.75. The summed E-state index contributed by atoms with van der Waals surface area (Å²) in [5.41, 5.74) is 3.03. The number of urea groups is 1. The van der Waals surface area contributed by atoms with E-state index in [1.165, 1.54) is 16.9 Å². The van der Waals surface area contributed by atoms with Crippen molar-refractivity contribution in [2.24, 2.45) is 11.8 Å². The normalized spacial score (nSPS) is 19.6. The molecule has 3 unspecified atom stereocenters. The summed E-state index contributed by atoms with van der Waals surface area (Å²) >= 11 is 9.74. The molecule has 7 nitrogen and oxygen atoms in total. The van der Waals surface area contributed by atoms with E-state index < -0.39 is 10.0 Å². The molecule has 228 valence electrons. The van der Waals surface area contributed by atoms with E-state index in [1.807, 2.05) is 22.7 Å². The molecule has 2 heterocycles. The van der Waals surface area contributed by atoms with Gasteiger partial charge in [-0.2, -0.15) is 11.8 Å². The van der Waals surface area contributed by atoms with E-state index in [0.29, 0.717) is 39.2 Å². The second-order valence-corrected chi connectivity index (χ2v) is 15.6. The maximum atomic E-state index is 13.9. The van der Waals surface area contributed by atoms with Gasteiger partial charge in [-0.05, 0) is 66.2 Å². The van der Waals surface area contributed by atoms with Crippen molar-refractivity contribution in [2.45, 2.75) is 38.1 Å². The predicted octanol–water partition coefficient (Wildman–Crippen LogP) is 8.12. The number of sulfonamides is 1. The Bertz CT molecular complexity index is 1550. The van der Waals surface area contributed by atoms with Crippen LogP contribution in [0.4, 0.5) is 15.6 Å². The summed E-state index contributed by atoms with van der Waals surface area (Å²) in [7, 11) is -3.37. The minimum absolute atomic E-state index is 0.152. The molecule has 0 bridgehead atoms. The molecule has 1 aliphatic carbocycles. The van der Waals surface area contributed by atoms with Gasteiger partial charge in [-0.15, -0.1) is 0 Å². The highest BCUT2D eigenvalue weighted by Gasteiger charge is 2.31. The highest BCUT2D eigenvalue weighted by Crippen LogP contribution is 2.38. The van der Waals surface area contributed by atoms with Gasteiger partial charge in [0.25, 0.3) is 0 Å². The summed E-state index contributed by atoms with van der Waals surface area (Å²) in [6.45, 7) is 2.91. The van der Waals surface area contributed by atoms with Gasteiger partial charge in [0.1, 0.15) is 10.0 Å². The minimum atomic E-state index is -3.37. The molecule has 0 saturated carbocycles. The SMILES string of the molecule is CC1C=CC=CC1C(CCN(C(=O)Nc1nc(-c2ccc(NS(C)(=O)=O)cc2)c(Cl)s1)C1CCSCC1)c1ccccc1. The van der Waals surface area contributed by atoms with Crippen LogP contribution in [0.25, 0.3) is 11.3 Å². The van der Waals surface area contributed by atoms with Gasteiger partial charge < -0.3 is 4.90 Å². The topological polar surface area (TPSA) is 91.4 Å². The molecule has 3 atom stereocenters. The Morgan fingerprint density at radius 2 is 1.77 bits per heavy atom. The minimum Gasteiger partial charge on any atom is -0.321 e. The van der Waals surface area contributed by atoms with Crippen LogP contribution in [0.15, 0.2) is 78.9 Å². The number of anilines is 2. The van der Waals surface area contributed by atoms with E-state index in [4.69, 9.17) is 11.6 Å². The lowest BCUT2D eigenvalue weighted by molar-refractivity contribution is 0.177. The predicted molar refractivity (Wildman–Crippen MR) is 182 cm³/mol. The summed E-state index contributed by atoms with van der Waals surface area (Å²) in [6.07, 6.45) is 12.7. The third-order valence-corrected chi connectivity index (χ3v) is 10.8. The molecule has 0 radical (unpaired) electrons. The van der Waals surface area contributed by atoms with Crippen LogP contribution in [-0.2, 0) is 10.0 Å². The molecule has 2 aromatic carbocycles. The number of thiazole rings is 1. The first-order chi connectivity index (χ1) is 20.7. The summed E-state index contributed by atoms with van der Waals surface area (Å²) in [5.74, 6) is 3.14.